The number of benzene rings is 1. The van der Waals surface area contributed by atoms with Crippen LogP contribution in [0.5, 0.6) is 0 Å². The fraction of sp³-hybridized carbons (Fsp3) is 0.333. The van der Waals surface area contributed by atoms with Crippen LogP contribution in [0.3, 0.4) is 0 Å². The Morgan fingerprint density at radius 3 is 2.57 bits per heavy atom. The van der Waals surface area contributed by atoms with Gasteiger partial charge in [-0.1, -0.05) is 11.5 Å². The number of halogens is 2. The molecule has 0 radical (unpaired) electrons. The summed E-state index contributed by atoms with van der Waals surface area (Å²) in [5.41, 5.74) is 0. The molecule has 9 heteroatoms. The van der Waals surface area contributed by atoms with Crippen LogP contribution in [0.15, 0.2) is 27.5 Å². The van der Waals surface area contributed by atoms with Crippen LogP contribution in [0.1, 0.15) is 31.1 Å². The molecule has 0 amide bonds. The summed E-state index contributed by atoms with van der Waals surface area (Å²) in [6, 6.07) is 1.98. The molecule has 1 N–H and O–H groups in total. The van der Waals surface area contributed by atoms with Crippen LogP contribution < -0.4 is 4.72 Å². The predicted octanol–water partition coefficient (Wildman–Crippen LogP) is 2.42. The molecule has 1 heterocycles. The Morgan fingerprint density at radius 1 is 1.19 bits per heavy atom. The molecule has 0 aliphatic heterocycles. The molecular formula is C12H11F2N3O3S. The molecule has 1 aliphatic rings. The molecular weight excluding hydrogens is 304 g/mol. The van der Waals surface area contributed by atoms with Gasteiger partial charge in [-0.25, -0.2) is 21.9 Å². The van der Waals surface area contributed by atoms with Crippen LogP contribution in [0.25, 0.3) is 0 Å². The first-order chi connectivity index (χ1) is 9.95. The van der Waals surface area contributed by atoms with Gasteiger partial charge in [0.15, 0.2) is 11.6 Å². The second-order valence-electron chi connectivity index (χ2n) is 4.75. The predicted molar refractivity (Wildman–Crippen MR) is 68.1 cm³/mol. The third-order valence-electron chi connectivity index (χ3n) is 3.32. The van der Waals surface area contributed by atoms with Gasteiger partial charge in [0, 0.05) is 5.92 Å². The molecule has 1 aliphatic carbocycles. The second kappa shape index (κ2) is 5.06. The van der Waals surface area contributed by atoms with Crippen molar-refractivity contribution in [2.75, 3.05) is 4.72 Å². The van der Waals surface area contributed by atoms with E-state index in [1.807, 2.05) is 4.72 Å². The lowest BCUT2D eigenvalue weighted by Crippen LogP contribution is -2.13. The summed E-state index contributed by atoms with van der Waals surface area (Å²) in [7, 11) is -4.11. The first-order valence-electron chi connectivity index (χ1n) is 6.27. The van der Waals surface area contributed by atoms with Gasteiger partial charge in [-0.15, -0.1) is 5.10 Å². The molecule has 0 atom stereocenters. The Labute approximate surface area is 119 Å². The number of hydrogen-bond donors (Lipinski definition) is 1. The Morgan fingerprint density at radius 2 is 1.95 bits per heavy atom. The zero-order chi connectivity index (χ0) is 15.0. The van der Waals surface area contributed by atoms with E-state index >= 15 is 0 Å². The van der Waals surface area contributed by atoms with Crippen molar-refractivity contribution in [2.45, 2.75) is 30.1 Å². The van der Waals surface area contributed by atoms with Crippen molar-refractivity contribution in [3.63, 3.8) is 0 Å². The fourth-order valence-electron chi connectivity index (χ4n) is 1.91. The third-order valence-corrected chi connectivity index (χ3v) is 4.64. The van der Waals surface area contributed by atoms with Crippen LogP contribution in [-0.4, -0.2) is 18.6 Å². The third kappa shape index (κ3) is 2.73. The van der Waals surface area contributed by atoms with Gasteiger partial charge in [0.2, 0.25) is 5.89 Å². The zero-order valence-corrected chi connectivity index (χ0v) is 11.5. The molecule has 0 bridgehead atoms. The molecule has 2 aromatic rings. The van der Waals surface area contributed by atoms with E-state index in [-0.39, 0.29) is 11.9 Å². The van der Waals surface area contributed by atoms with Crippen molar-refractivity contribution >= 4 is 16.0 Å². The average molecular weight is 315 g/mol. The quantitative estimate of drug-likeness (QED) is 0.936. The largest absolute Gasteiger partial charge is 0.407 e. The Balaban J connectivity index is 1.81. The lowest BCUT2D eigenvalue weighted by atomic mass is 9.85. The van der Waals surface area contributed by atoms with E-state index in [4.69, 9.17) is 4.42 Å². The van der Waals surface area contributed by atoms with Crippen LogP contribution in [0.2, 0.25) is 0 Å². The topological polar surface area (TPSA) is 85.1 Å². The summed E-state index contributed by atoms with van der Waals surface area (Å²) in [5.74, 6) is -1.83. The number of nitrogens with zero attached hydrogens (tertiary/aromatic N) is 2. The minimum atomic E-state index is -4.11. The normalized spacial score (nSPS) is 15.7. The van der Waals surface area contributed by atoms with Gasteiger partial charge < -0.3 is 4.42 Å². The molecule has 3 rings (SSSR count). The van der Waals surface area contributed by atoms with Crippen LogP contribution >= 0.6 is 0 Å². The standard InChI is InChI=1S/C12H11F2N3O3S/c13-9-5-4-8(6-10(9)14)21(18,19)17-12-16-15-11(20-12)7-2-1-3-7/h4-7H,1-3H2,(H,16,17). The maximum Gasteiger partial charge on any atom is 0.329 e. The lowest BCUT2D eigenvalue weighted by Gasteiger charge is -2.20. The van der Waals surface area contributed by atoms with Crippen molar-refractivity contribution in [1.29, 1.82) is 0 Å². The van der Waals surface area contributed by atoms with Crippen LogP contribution in [0, 0.1) is 11.6 Å². The van der Waals surface area contributed by atoms with E-state index in [1.54, 1.807) is 0 Å². The second-order valence-corrected chi connectivity index (χ2v) is 6.44. The molecule has 21 heavy (non-hydrogen) atoms. The van der Waals surface area contributed by atoms with Crippen molar-refractivity contribution < 1.29 is 21.6 Å². The highest BCUT2D eigenvalue weighted by Gasteiger charge is 2.26. The van der Waals surface area contributed by atoms with Gasteiger partial charge in [0.1, 0.15) is 0 Å². The Bertz CT molecular complexity index is 772. The van der Waals surface area contributed by atoms with Crippen molar-refractivity contribution in [2.24, 2.45) is 0 Å². The smallest absolute Gasteiger partial charge is 0.329 e. The van der Waals surface area contributed by atoms with E-state index in [2.05, 4.69) is 10.2 Å². The molecule has 1 aromatic heterocycles. The van der Waals surface area contributed by atoms with Gasteiger partial charge in [0.05, 0.1) is 4.90 Å². The van der Waals surface area contributed by atoms with E-state index in [1.165, 1.54) is 0 Å². The molecule has 1 fully saturated rings. The minimum absolute atomic E-state index is 0.166. The monoisotopic (exact) mass is 315 g/mol. The Hall–Kier alpha value is -2.03. The molecule has 112 valence electrons. The molecule has 6 nitrogen and oxygen atoms in total. The highest BCUT2D eigenvalue weighted by atomic mass is 32.2. The average Bonchev–Trinajstić information content (AvgIpc) is 2.77. The molecule has 1 aromatic carbocycles. The molecule has 1 saturated carbocycles. The number of aromatic nitrogens is 2. The highest BCUT2D eigenvalue weighted by molar-refractivity contribution is 7.92. The summed E-state index contributed by atoms with van der Waals surface area (Å²) >= 11 is 0. The zero-order valence-electron chi connectivity index (χ0n) is 10.7. The SMILES string of the molecule is O=S(=O)(Nc1nnc(C2CCC2)o1)c1ccc(F)c(F)c1. The van der Waals surface area contributed by atoms with Gasteiger partial charge >= 0.3 is 6.01 Å². The Kier molecular flexibility index (Phi) is 3.36. The van der Waals surface area contributed by atoms with E-state index in [0.717, 1.165) is 31.4 Å². The van der Waals surface area contributed by atoms with E-state index in [0.29, 0.717) is 12.0 Å². The first kappa shape index (κ1) is 13.9. The summed E-state index contributed by atoms with van der Waals surface area (Å²) in [6.07, 6.45) is 2.93. The lowest BCUT2D eigenvalue weighted by molar-refractivity contribution is 0.339. The minimum Gasteiger partial charge on any atom is -0.407 e. The molecule has 0 saturated heterocycles. The van der Waals surface area contributed by atoms with Crippen LogP contribution in [0.4, 0.5) is 14.8 Å². The van der Waals surface area contributed by atoms with Gasteiger partial charge in [-0.3, -0.25) is 0 Å². The van der Waals surface area contributed by atoms with Gasteiger partial charge in [-0.2, -0.15) is 0 Å². The molecule has 0 unspecified atom stereocenters. The number of sulfonamides is 1. The fourth-order valence-corrected chi connectivity index (χ4v) is 2.85. The highest BCUT2D eigenvalue weighted by Crippen LogP contribution is 2.36. The number of anilines is 1. The summed E-state index contributed by atoms with van der Waals surface area (Å²) in [5, 5.41) is 7.37. The van der Waals surface area contributed by atoms with Crippen molar-refractivity contribution in [3.8, 4) is 0 Å². The summed E-state index contributed by atoms with van der Waals surface area (Å²) in [6.45, 7) is 0. The maximum absolute atomic E-state index is 13.1. The number of nitrogens with one attached hydrogen (secondary N) is 1. The maximum atomic E-state index is 13.1. The van der Waals surface area contributed by atoms with Crippen molar-refractivity contribution in [3.05, 3.63) is 35.7 Å². The van der Waals surface area contributed by atoms with E-state index in [9.17, 15) is 17.2 Å². The van der Waals surface area contributed by atoms with E-state index < -0.39 is 26.6 Å². The molecule has 0 spiro atoms. The summed E-state index contributed by atoms with van der Waals surface area (Å²) in [4.78, 5) is -0.426. The van der Waals surface area contributed by atoms with Crippen LogP contribution in [-0.2, 0) is 10.0 Å². The summed E-state index contributed by atoms with van der Waals surface area (Å²) < 4.78 is 57.2. The number of rotatable bonds is 4. The number of hydrogen-bond acceptors (Lipinski definition) is 5. The van der Waals surface area contributed by atoms with Crippen molar-refractivity contribution in [1.82, 2.24) is 10.2 Å². The van der Waals surface area contributed by atoms with Gasteiger partial charge in [0.25, 0.3) is 10.0 Å². The van der Waals surface area contributed by atoms with Gasteiger partial charge in [-0.05, 0) is 31.0 Å². The first-order valence-corrected chi connectivity index (χ1v) is 7.75.